The zero-order valence-corrected chi connectivity index (χ0v) is 7.96. The van der Waals surface area contributed by atoms with Crippen molar-refractivity contribution < 1.29 is 4.74 Å². The number of ether oxygens (including phenoxy) is 1. The van der Waals surface area contributed by atoms with E-state index in [1.807, 2.05) is 0 Å². The summed E-state index contributed by atoms with van der Waals surface area (Å²) in [7, 11) is 0. The van der Waals surface area contributed by atoms with Gasteiger partial charge in [0.1, 0.15) is 0 Å². The highest BCUT2D eigenvalue weighted by Gasteiger charge is 2.26. The monoisotopic (exact) mass is 186 g/mol. The lowest BCUT2D eigenvalue weighted by molar-refractivity contribution is 0.00202. The third-order valence-corrected chi connectivity index (χ3v) is 3.18. The molecule has 1 fully saturated rings. The molecule has 0 aromatic heterocycles. The molecule has 1 nitrogen and oxygen atoms in total. The fourth-order valence-electron chi connectivity index (χ4n) is 2.09. The summed E-state index contributed by atoms with van der Waals surface area (Å²) in [5.74, 6) is 0.735. The second-order valence-corrected chi connectivity index (χ2v) is 4.28. The van der Waals surface area contributed by atoms with E-state index in [9.17, 15) is 0 Å². The van der Waals surface area contributed by atoms with Crippen LogP contribution in [0.5, 0.6) is 0 Å². The Morgan fingerprint density at radius 3 is 3.00 bits per heavy atom. The van der Waals surface area contributed by atoms with Crippen LogP contribution in [0, 0.1) is 5.92 Å². The first kappa shape index (κ1) is 8.58. The van der Waals surface area contributed by atoms with E-state index in [1.54, 1.807) is 0 Å². The summed E-state index contributed by atoms with van der Waals surface area (Å²) in [4.78, 5) is 0. The Morgan fingerprint density at radius 2 is 2.08 bits per heavy atom. The molecule has 1 aliphatic carbocycles. The van der Waals surface area contributed by atoms with Gasteiger partial charge in [0, 0.05) is 6.61 Å². The molecule has 0 aromatic carbocycles. The van der Waals surface area contributed by atoms with Gasteiger partial charge < -0.3 is 4.74 Å². The maximum atomic E-state index is 6.04. The van der Waals surface area contributed by atoms with Crippen LogP contribution in [0.2, 0.25) is 0 Å². The molecule has 2 heteroatoms. The molecule has 0 aromatic rings. The van der Waals surface area contributed by atoms with Crippen LogP contribution in [0.25, 0.3) is 0 Å². The summed E-state index contributed by atoms with van der Waals surface area (Å²) in [6.45, 7) is 0.929. The first-order valence-electron chi connectivity index (χ1n) is 4.80. The van der Waals surface area contributed by atoms with Crippen molar-refractivity contribution >= 4 is 11.6 Å². The minimum atomic E-state index is 0.235. The van der Waals surface area contributed by atoms with Crippen LogP contribution in [-0.2, 0) is 4.74 Å². The molecule has 2 aliphatic rings. The molecule has 3 atom stereocenters. The largest absolute Gasteiger partial charge is 0.374 e. The Morgan fingerprint density at radius 1 is 1.17 bits per heavy atom. The minimum Gasteiger partial charge on any atom is -0.374 e. The van der Waals surface area contributed by atoms with Gasteiger partial charge in [-0.05, 0) is 31.6 Å². The van der Waals surface area contributed by atoms with Crippen molar-refractivity contribution in [1.29, 1.82) is 0 Å². The second kappa shape index (κ2) is 3.80. The smallest absolute Gasteiger partial charge is 0.0784 e. The Bertz CT molecular complexity index is 179. The average Bonchev–Trinajstić information content (AvgIpc) is 2.29. The van der Waals surface area contributed by atoms with Gasteiger partial charge in [-0.3, -0.25) is 0 Å². The van der Waals surface area contributed by atoms with Crippen LogP contribution in [0.4, 0.5) is 0 Å². The molecule has 1 saturated heterocycles. The molecule has 0 N–H and O–H groups in total. The molecule has 68 valence electrons. The SMILES string of the molecule is ClC1C=CC2OCCCC2CC1. The molecule has 12 heavy (non-hydrogen) atoms. The minimum absolute atomic E-state index is 0.235. The molecule has 2 rings (SSSR count). The molecule has 0 spiro atoms. The summed E-state index contributed by atoms with van der Waals surface area (Å²) >= 11 is 6.04. The number of allylic oxidation sites excluding steroid dienone is 1. The molecule has 0 radical (unpaired) electrons. The molecule has 0 bridgehead atoms. The van der Waals surface area contributed by atoms with Crippen LogP contribution < -0.4 is 0 Å². The van der Waals surface area contributed by atoms with Crippen molar-refractivity contribution in [3.8, 4) is 0 Å². The van der Waals surface area contributed by atoms with E-state index < -0.39 is 0 Å². The highest BCUT2D eigenvalue weighted by molar-refractivity contribution is 6.21. The third kappa shape index (κ3) is 1.83. The zero-order chi connectivity index (χ0) is 8.39. The van der Waals surface area contributed by atoms with E-state index in [1.165, 1.54) is 19.3 Å². The van der Waals surface area contributed by atoms with Crippen molar-refractivity contribution in [1.82, 2.24) is 0 Å². The van der Waals surface area contributed by atoms with E-state index in [-0.39, 0.29) is 5.38 Å². The number of rotatable bonds is 0. The summed E-state index contributed by atoms with van der Waals surface area (Å²) < 4.78 is 5.66. The summed E-state index contributed by atoms with van der Waals surface area (Å²) in [6.07, 6.45) is 9.50. The van der Waals surface area contributed by atoms with Gasteiger partial charge in [-0.25, -0.2) is 0 Å². The van der Waals surface area contributed by atoms with E-state index in [0.29, 0.717) is 6.10 Å². The van der Waals surface area contributed by atoms with Gasteiger partial charge in [-0.1, -0.05) is 12.2 Å². The van der Waals surface area contributed by atoms with Gasteiger partial charge in [-0.15, -0.1) is 11.6 Å². The van der Waals surface area contributed by atoms with Crippen LogP contribution in [0.15, 0.2) is 12.2 Å². The van der Waals surface area contributed by atoms with Crippen molar-refractivity contribution in [3.05, 3.63) is 12.2 Å². The second-order valence-electron chi connectivity index (χ2n) is 3.72. The number of hydrogen-bond acceptors (Lipinski definition) is 1. The summed E-state index contributed by atoms with van der Waals surface area (Å²) in [5.41, 5.74) is 0. The van der Waals surface area contributed by atoms with Crippen molar-refractivity contribution in [3.63, 3.8) is 0 Å². The molecule has 1 aliphatic heterocycles. The first-order chi connectivity index (χ1) is 5.86. The van der Waals surface area contributed by atoms with Crippen molar-refractivity contribution in [2.75, 3.05) is 6.61 Å². The highest BCUT2D eigenvalue weighted by atomic mass is 35.5. The maximum Gasteiger partial charge on any atom is 0.0784 e. The summed E-state index contributed by atoms with van der Waals surface area (Å²) in [5, 5.41) is 0.235. The number of fused-ring (bicyclic) bond motifs is 1. The molecule has 3 unspecified atom stereocenters. The van der Waals surface area contributed by atoms with E-state index in [2.05, 4.69) is 12.2 Å². The standard InChI is InChI=1S/C10H15ClO/c11-9-4-3-8-2-1-7-12-10(8)6-5-9/h5-6,8-10H,1-4,7H2. The fraction of sp³-hybridized carbons (Fsp3) is 0.800. The number of halogens is 1. The van der Waals surface area contributed by atoms with Gasteiger partial charge in [0.2, 0.25) is 0 Å². The molecule has 0 saturated carbocycles. The Balaban J connectivity index is 2.03. The van der Waals surface area contributed by atoms with Crippen LogP contribution in [0.3, 0.4) is 0 Å². The van der Waals surface area contributed by atoms with Gasteiger partial charge in [0.25, 0.3) is 0 Å². The van der Waals surface area contributed by atoms with Gasteiger partial charge in [0.15, 0.2) is 0 Å². The van der Waals surface area contributed by atoms with Crippen LogP contribution in [-0.4, -0.2) is 18.1 Å². The number of hydrogen-bond donors (Lipinski definition) is 0. The molecule has 1 heterocycles. The lowest BCUT2D eigenvalue weighted by Gasteiger charge is -2.28. The lowest BCUT2D eigenvalue weighted by Crippen LogP contribution is -2.26. The number of alkyl halides is 1. The molecular weight excluding hydrogens is 172 g/mol. The topological polar surface area (TPSA) is 9.23 Å². The third-order valence-electron chi connectivity index (χ3n) is 2.82. The Kier molecular flexibility index (Phi) is 2.72. The van der Waals surface area contributed by atoms with Gasteiger partial charge in [0.05, 0.1) is 11.5 Å². The Labute approximate surface area is 78.7 Å². The average molecular weight is 187 g/mol. The van der Waals surface area contributed by atoms with Crippen molar-refractivity contribution in [2.45, 2.75) is 37.2 Å². The highest BCUT2D eigenvalue weighted by Crippen LogP contribution is 2.30. The van der Waals surface area contributed by atoms with E-state index >= 15 is 0 Å². The van der Waals surface area contributed by atoms with Crippen LogP contribution in [0.1, 0.15) is 25.7 Å². The van der Waals surface area contributed by atoms with Crippen LogP contribution >= 0.6 is 11.6 Å². The van der Waals surface area contributed by atoms with Crippen molar-refractivity contribution in [2.24, 2.45) is 5.92 Å². The van der Waals surface area contributed by atoms with E-state index in [4.69, 9.17) is 16.3 Å². The summed E-state index contributed by atoms with van der Waals surface area (Å²) in [6, 6.07) is 0. The normalized spacial score (nSPS) is 41.9. The van der Waals surface area contributed by atoms with Gasteiger partial charge in [-0.2, -0.15) is 0 Å². The quantitative estimate of drug-likeness (QED) is 0.418. The predicted molar refractivity (Wildman–Crippen MR) is 50.5 cm³/mol. The van der Waals surface area contributed by atoms with E-state index in [0.717, 1.165) is 18.9 Å². The zero-order valence-electron chi connectivity index (χ0n) is 7.21. The first-order valence-corrected chi connectivity index (χ1v) is 5.24. The lowest BCUT2D eigenvalue weighted by atomic mass is 9.91. The fourth-order valence-corrected chi connectivity index (χ4v) is 2.30. The Hall–Kier alpha value is -0.0100. The molecule has 0 amide bonds. The van der Waals surface area contributed by atoms with Gasteiger partial charge >= 0.3 is 0 Å². The molecular formula is C10H15ClO. The maximum absolute atomic E-state index is 6.04. The predicted octanol–water partition coefficient (Wildman–Crippen LogP) is 2.74.